The molecule has 0 aliphatic carbocycles. The lowest BCUT2D eigenvalue weighted by Gasteiger charge is -2.10. The molecule has 0 aliphatic rings. The van der Waals surface area contributed by atoms with Crippen LogP contribution in [0.1, 0.15) is 27.9 Å². The molecule has 6 nitrogen and oxygen atoms in total. The summed E-state index contributed by atoms with van der Waals surface area (Å²) in [6.07, 6.45) is -4.54. The Morgan fingerprint density at radius 1 is 0.886 bits per heavy atom. The molecule has 184 valence electrons. The van der Waals surface area contributed by atoms with Crippen molar-refractivity contribution in [1.29, 1.82) is 0 Å². The molecule has 3 aromatic carbocycles. The largest absolute Gasteiger partial charge is 0.494 e. The zero-order chi connectivity index (χ0) is 25.4. The van der Waals surface area contributed by atoms with Gasteiger partial charge in [0.1, 0.15) is 5.75 Å². The second-order valence-electron chi connectivity index (χ2n) is 7.81. The van der Waals surface area contributed by atoms with Gasteiger partial charge in [-0.3, -0.25) is 4.79 Å². The molecule has 3 aromatic rings. The molecular formula is C26H24F3NO5. The van der Waals surface area contributed by atoms with Crippen molar-refractivity contribution >= 4 is 11.9 Å². The Morgan fingerprint density at radius 3 is 2.00 bits per heavy atom. The first-order valence-electron chi connectivity index (χ1n) is 10.8. The van der Waals surface area contributed by atoms with Crippen LogP contribution >= 0.6 is 0 Å². The summed E-state index contributed by atoms with van der Waals surface area (Å²) < 4.78 is 43.8. The molecule has 0 saturated heterocycles. The number of aliphatic carboxylic acids is 1. The molecule has 0 bridgehead atoms. The number of rotatable bonds is 10. The highest BCUT2D eigenvalue weighted by molar-refractivity contribution is 5.94. The van der Waals surface area contributed by atoms with Crippen LogP contribution in [0.15, 0.2) is 72.8 Å². The van der Waals surface area contributed by atoms with E-state index in [4.69, 9.17) is 9.84 Å². The van der Waals surface area contributed by atoms with Gasteiger partial charge in [0, 0.05) is 5.56 Å². The fourth-order valence-electron chi connectivity index (χ4n) is 3.26. The smallest absolute Gasteiger partial charge is 0.416 e. The summed E-state index contributed by atoms with van der Waals surface area (Å²) in [5.74, 6) is -1.34. The van der Waals surface area contributed by atoms with Gasteiger partial charge in [-0.1, -0.05) is 36.4 Å². The number of carbonyl (C=O) groups is 2. The summed E-state index contributed by atoms with van der Waals surface area (Å²) in [4.78, 5) is 22.5. The molecule has 0 aromatic heterocycles. The van der Waals surface area contributed by atoms with Crippen LogP contribution in [0.3, 0.4) is 0 Å². The second kappa shape index (κ2) is 11.5. The van der Waals surface area contributed by atoms with Crippen LogP contribution < -0.4 is 10.1 Å². The summed E-state index contributed by atoms with van der Waals surface area (Å²) in [7, 11) is 0. The first-order chi connectivity index (χ1) is 16.6. The van der Waals surface area contributed by atoms with Gasteiger partial charge in [0.05, 0.1) is 18.7 Å². The van der Waals surface area contributed by atoms with Crippen LogP contribution in [0.5, 0.6) is 5.75 Å². The Balaban J connectivity index is 1.43. The number of carbonyl (C=O) groups excluding carboxylic acids is 1. The lowest BCUT2D eigenvalue weighted by Crippen LogP contribution is -2.36. The number of aryl methyl sites for hydroxylation is 1. The van der Waals surface area contributed by atoms with Gasteiger partial charge in [0.25, 0.3) is 5.91 Å². The van der Waals surface area contributed by atoms with Crippen LogP contribution in [0.4, 0.5) is 13.2 Å². The van der Waals surface area contributed by atoms with Crippen molar-refractivity contribution in [3.63, 3.8) is 0 Å². The first-order valence-corrected chi connectivity index (χ1v) is 10.8. The molecule has 1 atom stereocenters. The summed E-state index contributed by atoms with van der Waals surface area (Å²) in [6, 6.07) is 19.0. The van der Waals surface area contributed by atoms with Crippen LogP contribution in [0, 0.1) is 0 Å². The minimum atomic E-state index is -4.35. The van der Waals surface area contributed by atoms with Crippen LogP contribution in [-0.2, 0) is 17.4 Å². The van der Waals surface area contributed by atoms with E-state index < -0.39 is 36.3 Å². The summed E-state index contributed by atoms with van der Waals surface area (Å²) in [5, 5.41) is 20.2. The molecule has 0 fully saturated rings. The van der Waals surface area contributed by atoms with Gasteiger partial charge in [-0.15, -0.1) is 0 Å². The summed E-state index contributed by atoms with van der Waals surface area (Å²) in [6.45, 7) is 0.0503. The van der Waals surface area contributed by atoms with Crippen LogP contribution in [0.2, 0.25) is 0 Å². The van der Waals surface area contributed by atoms with E-state index in [0.717, 1.165) is 36.1 Å². The predicted molar refractivity (Wildman–Crippen MR) is 123 cm³/mol. The molecule has 0 spiro atoms. The molecule has 0 aliphatic heterocycles. The number of aliphatic hydroxyl groups is 1. The lowest BCUT2D eigenvalue weighted by molar-refractivity contribution is -0.146. The maximum Gasteiger partial charge on any atom is 0.416 e. The molecule has 3 N–H and O–H groups in total. The number of alkyl halides is 3. The maximum absolute atomic E-state index is 12.7. The molecular weight excluding hydrogens is 463 g/mol. The fourth-order valence-corrected chi connectivity index (χ4v) is 3.26. The molecule has 9 heteroatoms. The second-order valence-corrected chi connectivity index (χ2v) is 7.81. The number of hydrogen-bond acceptors (Lipinski definition) is 4. The van der Waals surface area contributed by atoms with Gasteiger partial charge < -0.3 is 20.3 Å². The summed E-state index contributed by atoms with van der Waals surface area (Å²) in [5.41, 5.74) is 2.25. The number of amides is 1. The minimum absolute atomic E-state index is 0.308. The Labute approximate surface area is 200 Å². The number of carboxylic acids is 1. The van der Waals surface area contributed by atoms with E-state index >= 15 is 0 Å². The maximum atomic E-state index is 12.7. The van der Waals surface area contributed by atoms with Crippen LogP contribution in [0.25, 0.3) is 11.1 Å². The molecule has 1 amide bonds. The molecule has 3 rings (SSSR count). The average molecular weight is 487 g/mol. The predicted octanol–water partition coefficient (Wildman–Crippen LogP) is 4.56. The average Bonchev–Trinajstić information content (AvgIpc) is 2.85. The van der Waals surface area contributed by atoms with Gasteiger partial charge in [0.2, 0.25) is 0 Å². The zero-order valence-electron chi connectivity index (χ0n) is 18.6. The number of ether oxygens (including phenoxy) is 1. The van der Waals surface area contributed by atoms with Crippen molar-refractivity contribution in [3.8, 4) is 16.9 Å². The Hall–Kier alpha value is -3.85. The Morgan fingerprint density at radius 2 is 1.46 bits per heavy atom. The van der Waals surface area contributed by atoms with E-state index in [-0.39, 0.29) is 0 Å². The standard InChI is InChI=1S/C26H24F3NO5/c27-26(28,29)21-11-7-19(8-12-21)18-5-3-17(4-6-18)2-1-15-35-22-13-9-20(10-14-22)24(32)30-16-23(31)25(33)34/h3-14,23,31H,1-2,15-16H2,(H,30,32)(H,33,34)/t23-/m0/s1. The number of nitrogens with one attached hydrogen (secondary N) is 1. The highest BCUT2D eigenvalue weighted by Gasteiger charge is 2.29. The van der Waals surface area contributed by atoms with E-state index in [2.05, 4.69) is 5.32 Å². The molecule has 35 heavy (non-hydrogen) atoms. The SMILES string of the molecule is O=C(NC[C@H](O)C(=O)O)c1ccc(OCCCc2ccc(-c3ccc(C(F)(F)F)cc3)cc2)cc1. The topological polar surface area (TPSA) is 95.9 Å². The monoisotopic (exact) mass is 487 g/mol. The fraction of sp³-hybridized carbons (Fsp3) is 0.231. The third-order valence-electron chi connectivity index (χ3n) is 5.24. The van der Waals surface area contributed by atoms with Gasteiger partial charge >= 0.3 is 12.1 Å². The normalized spacial score (nSPS) is 12.1. The van der Waals surface area contributed by atoms with Gasteiger partial charge in [-0.25, -0.2) is 4.79 Å². The van der Waals surface area contributed by atoms with Crippen molar-refractivity contribution in [3.05, 3.63) is 89.5 Å². The van der Waals surface area contributed by atoms with Gasteiger partial charge in [-0.05, 0) is 65.9 Å². The Kier molecular flexibility index (Phi) is 8.48. The number of halogens is 3. The van der Waals surface area contributed by atoms with Crippen molar-refractivity contribution in [1.82, 2.24) is 5.32 Å². The third-order valence-corrected chi connectivity index (χ3v) is 5.24. The molecule has 0 heterocycles. The van der Waals surface area contributed by atoms with E-state index in [1.807, 2.05) is 24.3 Å². The van der Waals surface area contributed by atoms with E-state index in [1.165, 1.54) is 24.3 Å². The number of benzene rings is 3. The van der Waals surface area contributed by atoms with Crippen molar-refractivity contribution in [2.24, 2.45) is 0 Å². The third kappa shape index (κ3) is 7.58. The van der Waals surface area contributed by atoms with E-state index in [1.54, 1.807) is 12.1 Å². The number of carboxylic acid groups (broad SMARTS) is 1. The molecule has 0 radical (unpaired) electrons. The number of aliphatic hydroxyl groups excluding tert-OH is 1. The quantitative estimate of drug-likeness (QED) is 0.365. The molecule has 0 unspecified atom stereocenters. The summed E-state index contributed by atoms with van der Waals surface area (Å²) >= 11 is 0. The van der Waals surface area contributed by atoms with Crippen molar-refractivity contribution in [2.75, 3.05) is 13.2 Å². The highest BCUT2D eigenvalue weighted by atomic mass is 19.4. The Bertz CT molecular complexity index is 1130. The van der Waals surface area contributed by atoms with E-state index in [9.17, 15) is 27.9 Å². The van der Waals surface area contributed by atoms with Crippen molar-refractivity contribution < 1.29 is 37.7 Å². The first kappa shape index (κ1) is 25.8. The lowest BCUT2D eigenvalue weighted by atomic mass is 10.0. The number of hydrogen-bond donors (Lipinski definition) is 3. The van der Waals surface area contributed by atoms with Gasteiger partial charge in [0.15, 0.2) is 6.10 Å². The van der Waals surface area contributed by atoms with Crippen LogP contribution in [-0.4, -0.2) is 41.3 Å². The van der Waals surface area contributed by atoms with Crippen molar-refractivity contribution in [2.45, 2.75) is 25.1 Å². The molecule has 0 saturated carbocycles. The van der Waals surface area contributed by atoms with E-state index in [0.29, 0.717) is 23.5 Å². The zero-order valence-corrected chi connectivity index (χ0v) is 18.6. The minimum Gasteiger partial charge on any atom is -0.494 e. The highest BCUT2D eigenvalue weighted by Crippen LogP contribution is 2.31. The van der Waals surface area contributed by atoms with Gasteiger partial charge in [-0.2, -0.15) is 13.2 Å².